The summed E-state index contributed by atoms with van der Waals surface area (Å²) in [7, 11) is 2.90. The highest BCUT2D eigenvalue weighted by Crippen LogP contribution is 2.30. The van der Waals surface area contributed by atoms with E-state index in [2.05, 4.69) is 111 Å². The number of hydrogen-bond donors (Lipinski definition) is 0. The maximum Gasteiger partial charge on any atom is 0.0349 e. The summed E-state index contributed by atoms with van der Waals surface area (Å²) >= 11 is 1.84. The van der Waals surface area contributed by atoms with Crippen molar-refractivity contribution in [1.29, 1.82) is 0 Å². The van der Waals surface area contributed by atoms with Crippen molar-refractivity contribution >= 4 is 33.7 Å². The summed E-state index contributed by atoms with van der Waals surface area (Å²) in [5, 5.41) is 0.121. The van der Waals surface area contributed by atoms with Gasteiger partial charge in [0.15, 0.2) is 0 Å². The maximum atomic E-state index is 2.90. The van der Waals surface area contributed by atoms with Crippen molar-refractivity contribution in [3.8, 4) is 10.4 Å². The van der Waals surface area contributed by atoms with Gasteiger partial charge in [0.05, 0.1) is 0 Å². The minimum Gasteiger partial charge on any atom is -0.136 e. The van der Waals surface area contributed by atoms with Crippen LogP contribution in [0.1, 0.15) is 55.2 Å². The molecule has 0 unspecified atom stereocenters. The van der Waals surface area contributed by atoms with E-state index in [0.29, 0.717) is 5.92 Å². The average Bonchev–Trinajstić information content (AvgIpc) is 3.08. The Hall–Kier alpha value is -1.90. The van der Waals surface area contributed by atoms with Gasteiger partial charge in [0.2, 0.25) is 0 Å². The molecule has 0 spiro atoms. The monoisotopic (exact) mass is 374 g/mol. The summed E-state index contributed by atoms with van der Waals surface area (Å²) in [6, 6.07) is 22.2. The standard InChI is InChI=1S/C24H26SSi/c1-17(2)19-8-10-20(11-9-19)23-16-15-22(25-23)14-7-18-5-12-21(13-6-18)24(3,4)26/h5-17,26H,1-4H3/b14-7-. The third kappa shape index (κ3) is 4.63. The molecule has 2 heteroatoms. The Balaban J connectivity index is 1.72. The minimum atomic E-state index is 0.121. The van der Waals surface area contributed by atoms with Gasteiger partial charge in [-0.1, -0.05) is 82.3 Å². The van der Waals surface area contributed by atoms with E-state index < -0.39 is 0 Å². The lowest BCUT2D eigenvalue weighted by Crippen LogP contribution is -2.16. The summed E-state index contributed by atoms with van der Waals surface area (Å²) in [5.41, 5.74) is 5.26. The lowest BCUT2D eigenvalue weighted by atomic mass is 10.0. The predicted octanol–water partition coefficient (Wildman–Crippen LogP) is 6.84. The van der Waals surface area contributed by atoms with Gasteiger partial charge < -0.3 is 0 Å². The first-order valence-electron chi connectivity index (χ1n) is 9.10. The molecule has 2 aromatic carbocycles. The molecule has 0 fully saturated rings. The van der Waals surface area contributed by atoms with Gasteiger partial charge in [-0.2, -0.15) is 0 Å². The Morgan fingerprint density at radius 3 is 2.08 bits per heavy atom. The van der Waals surface area contributed by atoms with Crippen molar-refractivity contribution in [3.05, 3.63) is 82.2 Å². The zero-order chi connectivity index (χ0) is 18.7. The van der Waals surface area contributed by atoms with Crippen LogP contribution in [0.2, 0.25) is 0 Å². The van der Waals surface area contributed by atoms with Gasteiger partial charge in [-0.05, 0) is 51.4 Å². The largest absolute Gasteiger partial charge is 0.136 e. The molecule has 0 aliphatic carbocycles. The molecule has 3 aromatic rings. The molecule has 2 radical (unpaired) electrons. The molecule has 0 N–H and O–H groups in total. The first kappa shape index (κ1) is 18.9. The van der Waals surface area contributed by atoms with Crippen LogP contribution in [0.5, 0.6) is 0 Å². The summed E-state index contributed by atoms with van der Waals surface area (Å²) < 4.78 is 0. The van der Waals surface area contributed by atoms with Gasteiger partial charge in [0, 0.05) is 20.0 Å². The van der Waals surface area contributed by atoms with Crippen LogP contribution in [-0.4, -0.2) is 10.2 Å². The van der Waals surface area contributed by atoms with Crippen LogP contribution >= 0.6 is 11.3 Å². The quantitative estimate of drug-likeness (QED) is 0.429. The van der Waals surface area contributed by atoms with E-state index in [4.69, 9.17) is 0 Å². The van der Waals surface area contributed by atoms with E-state index in [1.807, 2.05) is 11.3 Å². The van der Waals surface area contributed by atoms with Crippen molar-refractivity contribution in [3.63, 3.8) is 0 Å². The SMILES string of the molecule is CC(C)c1ccc(-c2ccc(/C=C\c3ccc(C(C)(C)[SiH])cc3)s2)cc1. The highest BCUT2D eigenvalue weighted by molar-refractivity contribution is 7.16. The third-order valence-electron chi connectivity index (χ3n) is 4.58. The minimum absolute atomic E-state index is 0.121. The number of rotatable bonds is 5. The lowest BCUT2D eigenvalue weighted by Gasteiger charge is -2.18. The van der Waals surface area contributed by atoms with E-state index in [-0.39, 0.29) is 5.04 Å². The van der Waals surface area contributed by atoms with Gasteiger partial charge >= 0.3 is 0 Å². The Labute approximate surface area is 165 Å². The Kier molecular flexibility index (Phi) is 5.64. The van der Waals surface area contributed by atoms with E-state index in [0.717, 1.165) is 0 Å². The molecule has 26 heavy (non-hydrogen) atoms. The smallest absolute Gasteiger partial charge is 0.0349 e. The lowest BCUT2D eigenvalue weighted by molar-refractivity contribution is 0.764. The fourth-order valence-corrected chi connectivity index (χ4v) is 3.94. The molecular formula is C24H26SSi. The topological polar surface area (TPSA) is 0 Å². The molecular weight excluding hydrogens is 348 g/mol. The normalized spacial score (nSPS) is 12.2. The number of thiophene rings is 1. The molecule has 0 bridgehead atoms. The maximum absolute atomic E-state index is 2.90. The van der Waals surface area contributed by atoms with Crippen molar-refractivity contribution in [1.82, 2.24) is 0 Å². The van der Waals surface area contributed by atoms with E-state index in [1.54, 1.807) is 0 Å². The van der Waals surface area contributed by atoms with Crippen molar-refractivity contribution in [2.45, 2.75) is 38.7 Å². The van der Waals surface area contributed by atoms with Gasteiger partial charge in [-0.25, -0.2) is 0 Å². The summed E-state index contributed by atoms with van der Waals surface area (Å²) in [4.78, 5) is 2.60. The van der Waals surface area contributed by atoms with E-state index in [1.165, 1.54) is 32.0 Å². The van der Waals surface area contributed by atoms with Crippen molar-refractivity contribution in [2.75, 3.05) is 0 Å². The average molecular weight is 375 g/mol. The second kappa shape index (κ2) is 7.77. The van der Waals surface area contributed by atoms with Gasteiger partial charge in [-0.3, -0.25) is 0 Å². The van der Waals surface area contributed by atoms with Gasteiger partial charge in [0.25, 0.3) is 0 Å². The van der Waals surface area contributed by atoms with Crippen LogP contribution in [0.25, 0.3) is 22.6 Å². The van der Waals surface area contributed by atoms with Crippen molar-refractivity contribution in [2.24, 2.45) is 0 Å². The first-order valence-corrected chi connectivity index (χ1v) is 10.5. The Morgan fingerprint density at radius 1 is 0.846 bits per heavy atom. The Bertz CT molecular complexity index is 875. The highest BCUT2D eigenvalue weighted by atomic mass is 32.1. The van der Waals surface area contributed by atoms with Crippen LogP contribution in [0.3, 0.4) is 0 Å². The second-order valence-electron chi connectivity index (χ2n) is 7.66. The van der Waals surface area contributed by atoms with Crippen LogP contribution in [0.4, 0.5) is 0 Å². The molecule has 1 aromatic heterocycles. The van der Waals surface area contributed by atoms with E-state index in [9.17, 15) is 0 Å². The molecule has 1 heterocycles. The molecule has 0 saturated carbocycles. The fourth-order valence-electron chi connectivity index (χ4n) is 2.83. The number of benzene rings is 2. The molecule has 0 nitrogen and oxygen atoms in total. The molecule has 0 amide bonds. The van der Waals surface area contributed by atoms with Crippen LogP contribution in [-0.2, 0) is 5.04 Å². The second-order valence-corrected chi connectivity index (χ2v) is 10.2. The third-order valence-corrected chi connectivity index (χ3v) is 6.02. The molecule has 0 aliphatic rings. The molecule has 0 saturated heterocycles. The predicted molar refractivity (Wildman–Crippen MR) is 119 cm³/mol. The van der Waals surface area contributed by atoms with Crippen LogP contribution in [0, 0.1) is 0 Å². The summed E-state index contributed by atoms with van der Waals surface area (Å²) in [6.45, 7) is 8.89. The first-order chi connectivity index (χ1) is 12.3. The van der Waals surface area contributed by atoms with Crippen molar-refractivity contribution < 1.29 is 0 Å². The summed E-state index contributed by atoms with van der Waals surface area (Å²) in [6.07, 6.45) is 4.40. The zero-order valence-electron chi connectivity index (χ0n) is 16.0. The van der Waals surface area contributed by atoms with Crippen LogP contribution < -0.4 is 0 Å². The van der Waals surface area contributed by atoms with Crippen LogP contribution in [0.15, 0.2) is 60.7 Å². The zero-order valence-corrected chi connectivity index (χ0v) is 18.0. The Morgan fingerprint density at radius 2 is 1.50 bits per heavy atom. The molecule has 3 rings (SSSR count). The fraction of sp³-hybridized carbons (Fsp3) is 0.250. The van der Waals surface area contributed by atoms with Gasteiger partial charge in [0.1, 0.15) is 0 Å². The molecule has 132 valence electrons. The summed E-state index contributed by atoms with van der Waals surface area (Å²) in [5.74, 6) is 0.578. The number of hydrogen-bond acceptors (Lipinski definition) is 1. The molecule has 0 atom stereocenters. The molecule has 0 aliphatic heterocycles. The highest BCUT2D eigenvalue weighted by Gasteiger charge is 2.12. The van der Waals surface area contributed by atoms with E-state index >= 15 is 0 Å². The van der Waals surface area contributed by atoms with Gasteiger partial charge in [-0.15, -0.1) is 11.3 Å².